The number of nitrogens with zero attached hydrogens (tertiary/aromatic N) is 3. The van der Waals surface area contributed by atoms with E-state index < -0.39 is 58.9 Å². The zero-order valence-corrected chi connectivity index (χ0v) is 40.4. The second-order valence-corrected chi connectivity index (χ2v) is 18.6. The third-order valence-corrected chi connectivity index (χ3v) is 12.6. The number of hydrogen-bond donors (Lipinski definition) is 7. The number of aromatic hydroxyl groups is 1. The van der Waals surface area contributed by atoms with Crippen LogP contribution in [0, 0.1) is 17.8 Å². The number of phenolic OH excluding ortho intramolecular Hbond substituents is 1. The Morgan fingerprint density at radius 1 is 1.00 bits per heavy atom. The Hall–Kier alpha value is -5.57. The van der Waals surface area contributed by atoms with Crippen LogP contribution in [-0.4, -0.2) is 122 Å². The number of aliphatic carboxylic acids is 1. The van der Waals surface area contributed by atoms with Crippen LogP contribution in [0.25, 0.3) is 0 Å². The van der Waals surface area contributed by atoms with E-state index in [9.17, 15) is 53.4 Å². The molecule has 6 atom stereocenters. The van der Waals surface area contributed by atoms with Gasteiger partial charge in [-0.05, 0) is 55.2 Å². The summed E-state index contributed by atoms with van der Waals surface area (Å²) in [6, 6.07) is 3.43. The molecule has 19 nitrogen and oxygen atoms in total. The van der Waals surface area contributed by atoms with Gasteiger partial charge in [0.15, 0.2) is 6.10 Å². The number of carboxylic acids is 1. The number of nitrogens with one attached hydrogen (secondary N) is 4. The summed E-state index contributed by atoms with van der Waals surface area (Å²) in [6.07, 6.45) is 1.24. The molecule has 6 N–H and O–H groups in total. The number of anilines is 1. The highest BCUT2D eigenvalue weighted by Gasteiger charge is 2.36. The average Bonchev–Trinajstić information content (AvgIpc) is 3.84. The number of rotatable bonds is 27. The van der Waals surface area contributed by atoms with Crippen molar-refractivity contribution in [1.82, 2.24) is 30.7 Å². The lowest BCUT2D eigenvalue weighted by Gasteiger charge is -2.34. The zero-order valence-electron chi connectivity index (χ0n) is 38.7. The number of carbonyl (C=O) groups excluding carboxylic acids is 8. The first-order chi connectivity index (χ1) is 31.1. The minimum atomic E-state index is -1.07. The number of imide groups is 1. The number of aromatic nitrogens is 1. The van der Waals surface area contributed by atoms with E-state index in [0.29, 0.717) is 17.0 Å². The summed E-state index contributed by atoms with van der Waals surface area (Å²) in [5, 5.41) is 32.1. The topological polar surface area (TPSA) is 271 Å². The van der Waals surface area contributed by atoms with Crippen LogP contribution in [0.5, 0.6) is 5.75 Å². The van der Waals surface area contributed by atoms with Gasteiger partial charge in [-0.3, -0.25) is 48.1 Å². The summed E-state index contributed by atoms with van der Waals surface area (Å²) >= 11 is 5.19. The van der Waals surface area contributed by atoms with E-state index in [4.69, 9.17) is 4.74 Å². The largest absolute Gasteiger partial charge is 0.506 e. The molecule has 21 heteroatoms. The molecule has 7 amide bonds. The molecule has 3 rings (SSSR count). The Kier molecular flexibility index (Phi) is 22.0. The van der Waals surface area contributed by atoms with Gasteiger partial charge in [0.05, 0.1) is 23.4 Å². The number of carboxylic acid groups (broad SMARTS) is 1. The molecule has 66 heavy (non-hydrogen) atoms. The molecule has 0 spiro atoms. The molecule has 0 saturated carbocycles. The lowest BCUT2D eigenvalue weighted by atomic mass is 9.95. The van der Waals surface area contributed by atoms with Gasteiger partial charge in [0.1, 0.15) is 16.5 Å². The number of esters is 1. The Morgan fingerprint density at radius 3 is 2.32 bits per heavy atom. The number of amides is 7. The third kappa shape index (κ3) is 17.7. The van der Waals surface area contributed by atoms with Crippen LogP contribution in [0.1, 0.15) is 126 Å². The van der Waals surface area contributed by atoms with E-state index in [1.54, 1.807) is 18.0 Å². The van der Waals surface area contributed by atoms with Crippen molar-refractivity contribution in [3.63, 3.8) is 0 Å². The standard InChI is InChI=1S/C45H65N7O12S2/c1-8-26(4)17-40(58)51(7)33(25(2)3)21-35(64-28(6)53)43-50-32(24-66-43)42(60)48-30(18-27(5)45(62)63)19-29-13-14-34(54)31(20-29)49-38(56)11-9-15-46-39(57)23-47-37(55)12-10-16-52-41(59)22-36(65)44(52)61/h13-14,20,24-27,30,33,35-36,54,65H,8-12,15-19,21-23H2,1-7H3,(H,46,57)(H,47,55)(H,48,60)(H,49,56)(H,62,63)/t26-,27-,30+,33?,35+,36?/m0/s1. The van der Waals surface area contributed by atoms with Crippen LogP contribution in [0.4, 0.5) is 5.69 Å². The maximum atomic E-state index is 13.7. The van der Waals surface area contributed by atoms with Gasteiger partial charge in [0, 0.05) is 76.6 Å². The highest BCUT2D eigenvalue weighted by molar-refractivity contribution is 7.81. The van der Waals surface area contributed by atoms with Crippen molar-refractivity contribution in [2.24, 2.45) is 17.8 Å². The predicted molar refractivity (Wildman–Crippen MR) is 248 cm³/mol. The van der Waals surface area contributed by atoms with E-state index in [1.165, 1.54) is 31.4 Å². The van der Waals surface area contributed by atoms with Crippen molar-refractivity contribution in [3.8, 4) is 5.75 Å². The van der Waals surface area contributed by atoms with Crippen LogP contribution in [0.15, 0.2) is 23.6 Å². The van der Waals surface area contributed by atoms with Crippen LogP contribution in [-0.2, 0) is 49.5 Å². The molecule has 1 aliphatic rings. The van der Waals surface area contributed by atoms with Crippen LogP contribution >= 0.6 is 24.0 Å². The van der Waals surface area contributed by atoms with Crippen molar-refractivity contribution < 1.29 is 58.1 Å². The number of thiazole rings is 1. The molecule has 1 aliphatic heterocycles. The molecule has 1 aromatic heterocycles. The molecular formula is C45H65N7O12S2. The lowest BCUT2D eigenvalue weighted by Crippen LogP contribution is -2.42. The van der Waals surface area contributed by atoms with Gasteiger partial charge in [-0.15, -0.1) is 11.3 Å². The highest BCUT2D eigenvalue weighted by Crippen LogP contribution is 2.31. The van der Waals surface area contributed by atoms with Crippen LogP contribution in [0.3, 0.4) is 0 Å². The van der Waals surface area contributed by atoms with Crippen LogP contribution < -0.4 is 21.3 Å². The minimum Gasteiger partial charge on any atom is -0.506 e. The second kappa shape index (κ2) is 26.5. The van der Waals surface area contributed by atoms with Crippen molar-refractivity contribution >= 4 is 82.9 Å². The molecule has 2 aromatic rings. The monoisotopic (exact) mass is 959 g/mol. The summed E-state index contributed by atoms with van der Waals surface area (Å²) in [7, 11) is 1.74. The summed E-state index contributed by atoms with van der Waals surface area (Å²) in [4.78, 5) is 119. The van der Waals surface area contributed by atoms with Crippen molar-refractivity contribution in [2.75, 3.05) is 32.0 Å². The number of phenols is 1. The van der Waals surface area contributed by atoms with E-state index in [2.05, 4.69) is 38.9 Å². The summed E-state index contributed by atoms with van der Waals surface area (Å²) < 4.78 is 5.69. The number of hydrogen-bond acceptors (Lipinski definition) is 14. The number of likely N-dealkylation sites (tertiary alicyclic amines) is 1. The zero-order chi connectivity index (χ0) is 49.2. The third-order valence-electron chi connectivity index (χ3n) is 11.2. The molecule has 0 bridgehead atoms. The highest BCUT2D eigenvalue weighted by atomic mass is 32.1. The predicted octanol–water partition coefficient (Wildman–Crippen LogP) is 4.00. The maximum absolute atomic E-state index is 13.7. The van der Waals surface area contributed by atoms with E-state index in [1.807, 2.05) is 27.7 Å². The molecular weight excluding hydrogens is 895 g/mol. The first-order valence-electron chi connectivity index (χ1n) is 22.2. The number of ether oxygens (including phenoxy) is 1. The van der Waals surface area contributed by atoms with Gasteiger partial charge in [0.2, 0.25) is 35.4 Å². The Bertz CT molecular complexity index is 2060. The van der Waals surface area contributed by atoms with Gasteiger partial charge in [-0.25, -0.2) is 4.98 Å². The van der Waals surface area contributed by atoms with Crippen molar-refractivity contribution in [1.29, 1.82) is 0 Å². The average molecular weight is 960 g/mol. The Labute approximate surface area is 395 Å². The van der Waals surface area contributed by atoms with Crippen molar-refractivity contribution in [2.45, 2.75) is 129 Å². The number of carbonyl (C=O) groups is 9. The van der Waals surface area contributed by atoms with Gasteiger partial charge in [-0.1, -0.05) is 47.1 Å². The van der Waals surface area contributed by atoms with Crippen molar-refractivity contribution in [3.05, 3.63) is 39.8 Å². The van der Waals surface area contributed by atoms with E-state index in [-0.39, 0.29) is 124 Å². The lowest BCUT2D eigenvalue weighted by molar-refractivity contribution is -0.148. The quantitative estimate of drug-likeness (QED) is 0.0220. The molecule has 364 valence electrons. The molecule has 1 fully saturated rings. The molecule has 1 aromatic carbocycles. The first kappa shape index (κ1) is 54.8. The normalized spacial score (nSPS) is 15.9. The number of benzene rings is 1. The van der Waals surface area contributed by atoms with Gasteiger partial charge >= 0.3 is 11.9 Å². The van der Waals surface area contributed by atoms with Gasteiger partial charge < -0.3 is 41.1 Å². The Morgan fingerprint density at radius 2 is 1.70 bits per heavy atom. The first-order valence-corrected chi connectivity index (χ1v) is 23.6. The maximum Gasteiger partial charge on any atom is 0.306 e. The fourth-order valence-electron chi connectivity index (χ4n) is 7.20. The summed E-state index contributed by atoms with van der Waals surface area (Å²) in [5.74, 6) is -5.23. The molecule has 0 aliphatic carbocycles. The summed E-state index contributed by atoms with van der Waals surface area (Å²) in [5.41, 5.74) is 0.666. The van der Waals surface area contributed by atoms with Gasteiger partial charge in [0.25, 0.3) is 5.91 Å². The molecule has 0 radical (unpaired) electrons. The smallest absolute Gasteiger partial charge is 0.306 e. The summed E-state index contributed by atoms with van der Waals surface area (Å²) in [6.45, 7) is 10.7. The fraction of sp³-hybridized carbons (Fsp3) is 0.600. The minimum absolute atomic E-state index is 0.00316. The molecule has 2 unspecified atom stereocenters. The van der Waals surface area contributed by atoms with Crippen LogP contribution in [0.2, 0.25) is 0 Å². The van der Waals surface area contributed by atoms with E-state index >= 15 is 0 Å². The fourth-order valence-corrected chi connectivity index (χ4v) is 8.34. The second-order valence-electron chi connectivity index (χ2n) is 17.1. The Balaban J connectivity index is 1.58. The van der Waals surface area contributed by atoms with Gasteiger partial charge in [-0.2, -0.15) is 12.6 Å². The SMILES string of the molecule is CC[C@H](C)CC(=O)N(C)C(C[C@@H](OC(C)=O)c1nc(C(=O)N[C@@H](Cc2ccc(O)c(NC(=O)CCCNC(=O)CNC(=O)CCCN3C(=O)CC(S)C3=O)c2)C[C@H](C)C(=O)O)cs1)C(C)C. The molecule has 1 saturated heterocycles. The molecule has 2 heterocycles. The number of thiol groups is 1. The van der Waals surface area contributed by atoms with E-state index in [0.717, 1.165) is 22.7 Å².